The van der Waals surface area contributed by atoms with Gasteiger partial charge in [0, 0.05) is 34.1 Å². The second-order valence-corrected chi connectivity index (χ2v) is 8.63. The quantitative estimate of drug-likeness (QED) is 0.472. The van der Waals surface area contributed by atoms with Gasteiger partial charge in [0.1, 0.15) is 0 Å². The Kier molecular flexibility index (Phi) is 6.88. The van der Waals surface area contributed by atoms with Gasteiger partial charge in [-0.2, -0.15) is 0 Å². The lowest BCUT2D eigenvalue weighted by molar-refractivity contribution is 0.431. The van der Waals surface area contributed by atoms with Crippen molar-refractivity contribution in [3.63, 3.8) is 0 Å². The fourth-order valence-electron chi connectivity index (χ4n) is 3.77. The maximum absolute atomic E-state index is 6.29. The number of benzene rings is 1. The second kappa shape index (κ2) is 9.14. The zero-order valence-corrected chi connectivity index (χ0v) is 17.9. The number of rotatable bonds is 7. The molecule has 26 heavy (non-hydrogen) atoms. The molecule has 3 rings (SSSR count). The van der Waals surface area contributed by atoms with Crippen molar-refractivity contribution < 1.29 is 0 Å². The molecule has 0 saturated heterocycles. The van der Waals surface area contributed by atoms with E-state index in [-0.39, 0.29) is 0 Å². The number of halogens is 2. The molecular weight excluding hydrogens is 408 g/mol. The zero-order valence-electron chi connectivity index (χ0n) is 15.5. The van der Waals surface area contributed by atoms with Gasteiger partial charge in [0.2, 0.25) is 0 Å². The molecular formula is C22H26BrClN2. The van der Waals surface area contributed by atoms with Crippen molar-refractivity contribution in [2.45, 2.75) is 51.9 Å². The van der Waals surface area contributed by atoms with Gasteiger partial charge in [-0.3, -0.25) is 9.98 Å². The largest absolute Gasteiger partial charge is 0.294 e. The molecule has 0 aliphatic carbocycles. The van der Waals surface area contributed by atoms with Gasteiger partial charge < -0.3 is 0 Å². The first-order valence-electron chi connectivity index (χ1n) is 9.41. The highest BCUT2D eigenvalue weighted by Gasteiger charge is 2.22. The summed E-state index contributed by atoms with van der Waals surface area (Å²) in [5.41, 5.74) is 5.30. The summed E-state index contributed by atoms with van der Waals surface area (Å²) in [6.07, 6.45) is 9.55. The average molecular weight is 434 g/mol. The van der Waals surface area contributed by atoms with Crippen LogP contribution in [0.15, 0.2) is 46.1 Å². The van der Waals surface area contributed by atoms with Gasteiger partial charge in [-0.15, -0.1) is 0 Å². The van der Waals surface area contributed by atoms with Crippen LogP contribution in [0.3, 0.4) is 0 Å². The first-order valence-corrected chi connectivity index (χ1v) is 10.6. The van der Waals surface area contributed by atoms with Crippen LogP contribution in [-0.4, -0.2) is 17.2 Å². The van der Waals surface area contributed by atoms with E-state index in [1.165, 1.54) is 35.2 Å². The van der Waals surface area contributed by atoms with Gasteiger partial charge >= 0.3 is 0 Å². The Bertz CT molecular complexity index is 787. The third-order valence-corrected chi connectivity index (χ3v) is 6.54. The third kappa shape index (κ3) is 4.95. The van der Waals surface area contributed by atoms with E-state index in [1.807, 2.05) is 18.5 Å². The van der Waals surface area contributed by atoms with Gasteiger partial charge in [-0.25, -0.2) is 0 Å². The molecule has 4 heteroatoms. The fourth-order valence-corrected chi connectivity index (χ4v) is 4.34. The summed E-state index contributed by atoms with van der Waals surface area (Å²) >= 11 is 9.91. The molecule has 2 heterocycles. The molecule has 1 aliphatic heterocycles. The molecule has 138 valence electrons. The molecule has 1 aliphatic rings. The van der Waals surface area contributed by atoms with Crippen molar-refractivity contribution >= 4 is 33.2 Å². The highest BCUT2D eigenvalue weighted by Crippen LogP contribution is 2.34. The van der Waals surface area contributed by atoms with Crippen molar-refractivity contribution in [3.05, 3.63) is 62.8 Å². The molecule has 2 unspecified atom stereocenters. The lowest BCUT2D eigenvalue weighted by atomic mass is 9.79. The summed E-state index contributed by atoms with van der Waals surface area (Å²) in [6, 6.07) is 8.34. The summed E-state index contributed by atoms with van der Waals surface area (Å²) in [6.45, 7) is 5.54. The van der Waals surface area contributed by atoms with Crippen LogP contribution >= 0.6 is 27.5 Å². The maximum Gasteiger partial charge on any atom is 0.0413 e. The Morgan fingerprint density at radius 1 is 1.27 bits per heavy atom. The van der Waals surface area contributed by atoms with Gasteiger partial charge in [0.05, 0.1) is 0 Å². The molecule has 2 aromatic rings. The lowest BCUT2D eigenvalue weighted by Gasteiger charge is -2.26. The van der Waals surface area contributed by atoms with Crippen molar-refractivity contribution in [3.8, 4) is 0 Å². The van der Waals surface area contributed by atoms with Crippen LogP contribution in [0.4, 0.5) is 0 Å². The summed E-state index contributed by atoms with van der Waals surface area (Å²) in [5.74, 6) is 0.973. The van der Waals surface area contributed by atoms with Crippen LogP contribution in [-0.2, 0) is 6.42 Å². The molecule has 0 N–H and O–H groups in total. The van der Waals surface area contributed by atoms with E-state index in [0.717, 1.165) is 35.3 Å². The van der Waals surface area contributed by atoms with E-state index in [4.69, 9.17) is 11.6 Å². The molecule has 0 radical (unpaired) electrons. The molecule has 1 aromatic heterocycles. The number of hydrogen-bond donors (Lipinski definition) is 0. The fraction of sp³-hybridized carbons (Fsp3) is 0.455. The van der Waals surface area contributed by atoms with E-state index in [2.05, 4.69) is 58.0 Å². The van der Waals surface area contributed by atoms with E-state index >= 15 is 0 Å². The number of aliphatic imine (C=N–C) groups is 1. The number of pyridine rings is 1. The van der Waals surface area contributed by atoms with Gasteiger partial charge in [0.25, 0.3) is 0 Å². The predicted molar refractivity (Wildman–Crippen MR) is 115 cm³/mol. The minimum Gasteiger partial charge on any atom is -0.294 e. The van der Waals surface area contributed by atoms with Crippen molar-refractivity contribution in [2.75, 3.05) is 6.54 Å². The van der Waals surface area contributed by atoms with Crippen LogP contribution < -0.4 is 0 Å². The Hall–Kier alpha value is -1.19. The molecule has 0 fully saturated rings. The van der Waals surface area contributed by atoms with Crippen LogP contribution in [0.2, 0.25) is 5.02 Å². The van der Waals surface area contributed by atoms with E-state index in [1.54, 1.807) is 0 Å². The second-order valence-electron chi connectivity index (χ2n) is 7.34. The smallest absolute Gasteiger partial charge is 0.0413 e. The maximum atomic E-state index is 6.29. The Morgan fingerprint density at radius 3 is 2.85 bits per heavy atom. The Morgan fingerprint density at radius 2 is 2.12 bits per heavy atom. The van der Waals surface area contributed by atoms with Gasteiger partial charge in [-0.1, -0.05) is 30.7 Å². The van der Waals surface area contributed by atoms with Crippen molar-refractivity contribution in [1.29, 1.82) is 0 Å². The summed E-state index contributed by atoms with van der Waals surface area (Å²) in [7, 11) is 0. The first kappa shape index (κ1) is 19.6. The molecule has 2 atom stereocenters. The van der Waals surface area contributed by atoms with Crippen molar-refractivity contribution in [1.82, 2.24) is 4.98 Å². The number of nitrogens with zero attached hydrogens (tertiary/aromatic N) is 2. The van der Waals surface area contributed by atoms with Crippen LogP contribution in [0.1, 0.15) is 55.2 Å². The minimum absolute atomic E-state index is 0.422. The summed E-state index contributed by atoms with van der Waals surface area (Å²) < 4.78 is 1.08. The average Bonchev–Trinajstić information content (AvgIpc) is 3.14. The first-order chi connectivity index (χ1) is 12.5. The Balaban J connectivity index is 1.82. The van der Waals surface area contributed by atoms with E-state index < -0.39 is 0 Å². The number of aromatic nitrogens is 1. The lowest BCUT2D eigenvalue weighted by Crippen LogP contribution is -2.15. The van der Waals surface area contributed by atoms with Crippen LogP contribution in [0.5, 0.6) is 0 Å². The summed E-state index contributed by atoms with van der Waals surface area (Å²) in [5, 5.41) is 0.809. The normalized spacial score (nSPS) is 16.4. The van der Waals surface area contributed by atoms with Gasteiger partial charge in [-0.05, 0) is 95.6 Å². The molecule has 0 bridgehead atoms. The predicted octanol–water partition coefficient (Wildman–Crippen LogP) is 6.78. The van der Waals surface area contributed by atoms with Gasteiger partial charge in [0.15, 0.2) is 0 Å². The summed E-state index contributed by atoms with van der Waals surface area (Å²) in [4.78, 5) is 9.03. The van der Waals surface area contributed by atoms with Crippen molar-refractivity contribution in [2.24, 2.45) is 10.9 Å². The third-order valence-electron chi connectivity index (χ3n) is 5.51. The molecule has 0 spiro atoms. The van der Waals surface area contributed by atoms with Crippen LogP contribution in [0, 0.1) is 12.8 Å². The molecule has 0 amide bonds. The SMILES string of the molecule is Cc1c(Br)cncc1CC(c1cccc(Cl)c1)C(C)CCC1=NCCC1. The monoisotopic (exact) mass is 432 g/mol. The minimum atomic E-state index is 0.422. The standard InChI is InChI=1S/C22H26BrClN2/c1-15(8-9-20-7-4-10-26-20)21(17-5-3-6-19(24)11-17)12-18-13-25-14-22(23)16(18)2/h3,5-6,11,13-15,21H,4,7-10,12H2,1-2H3. The molecule has 0 saturated carbocycles. The van der Waals surface area contributed by atoms with E-state index in [0.29, 0.717) is 11.8 Å². The van der Waals surface area contributed by atoms with E-state index in [9.17, 15) is 0 Å². The van der Waals surface area contributed by atoms with Crippen LogP contribution in [0.25, 0.3) is 0 Å². The molecule has 1 aromatic carbocycles. The molecule has 2 nitrogen and oxygen atoms in total. The zero-order chi connectivity index (χ0) is 18.5. The topological polar surface area (TPSA) is 25.2 Å². The number of hydrogen-bond acceptors (Lipinski definition) is 2. The highest BCUT2D eigenvalue weighted by atomic mass is 79.9. The highest BCUT2D eigenvalue weighted by molar-refractivity contribution is 9.10. The Labute approximate surface area is 170 Å².